The molecule has 8 heteroatoms. The van der Waals surface area contributed by atoms with Gasteiger partial charge < -0.3 is 28.6 Å². The van der Waals surface area contributed by atoms with Crippen LogP contribution in [0.1, 0.15) is 15.9 Å². The number of fused-ring (bicyclic) bond motifs is 1. The fraction of sp³-hybridized carbons (Fsp3) is 0.158. The molecule has 3 aromatic rings. The minimum Gasteiger partial charge on any atom is -0.545 e. The first-order valence-corrected chi connectivity index (χ1v) is 7.83. The number of carbonyl (C=O) groups is 1. The van der Waals surface area contributed by atoms with Crippen molar-refractivity contribution in [2.75, 3.05) is 13.9 Å². The van der Waals surface area contributed by atoms with E-state index in [1.54, 1.807) is 12.1 Å². The van der Waals surface area contributed by atoms with Gasteiger partial charge >= 0.3 is 29.6 Å². The van der Waals surface area contributed by atoms with Crippen molar-refractivity contribution in [1.29, 1.82) is 0 Å². The molecule has 0 saturated carbocycles. The van der Waals surface area contributed by atoms with Crippen molar-refractivity contribution in [1.82, 2.24) is 5.16 Å². The van der Waals surface area contributed by atoms with Gasteiger partial charge in [-0.1, -0.05) is 11.2 Å². The van der Waals surface area contributed by atoms with Gasteiger partial charge in [-0.3, -0.25) is 0 Å². The number of methoxy groups -OCH3 is 1. The molecule has 0 radical (unpaired) electrons. The van der Waals surface area contributed by atoms with E-state index in [4.69, 9.17) is 18.7 Å². The monoisotopic (exact) mass is 375 g/mol. The normalized spacial score (nSPS) is 11.8. The molecule has 0 aliphatic carbocycles. The number of carboxylic acid groups (broad SMARTS) is 1. The van der Waals surface area contributed by atoms with E-state index in [1.165, 1.54) is 19.4 Å². The van der Waals surface area contributed by atoms with Crippen LogP contribution in [0.5, 0.6) is 17.2 Å². The predicted molar refractivity (Wildman–Crippen MR) is 89.1 cm³/mol. The van der Waals surface area contributed by atoms with Crippen molar-refractivity contribution >= 4 is 5.97 Å². The Morgan fingerprint density at radius 3 is 2.74 bits per heavy atom. The molecule has 132 valence electrons. The largest absolute Gasteiger partial charge is 1.00 e. The molecule has 1 aromatic heterocycles. The summed E-state index contributed by atoms with van der Waals surface area (Å²) in [4.78, 5) is 11.4. The molecule has 2 heterocycles. The van der Waals surface area contributed by atoms with E-state index in [9.17, 15) is 9.90 Å². The van der Waals surface area contributed by atoms with E-state index in [1.807, 2.05) is 19.1 Å². The van der Waals surface area contributed by atoms with Gasteiger partial charge in [0.2, 0.25) is 6.79 Å². The van der Waals surface area contributed by atoms with Crippen LogP contribution < -0.4 is 48.9 Å². The summed E-state index contributed by atoms with van der Waals surface area (Å²) >= 11 is 0. The molecule has 4 rings (SSSR count). The molecule has 0 atom stereocenters. The molecule has 0 spiro atoms. The Morgan fingerprint density at radius 2 is 2.00 bits per heavy atom. The van der Waals surface area contributed by atoms with Crippen LogP contribution in [0.15, 0.2) is 41.1 Å². The minimum absolute atomic E-state index is 0. The molecule has 27 heavy (non-hydrogen) atoms. The fourth-order valence-corrected chi connectivity index (χ4v) is 3.01. The summed E-state index contributed by atoms with van der Waals surface area (Å²) in [5.41, 5.74) is 3.49. The van der Waals surface area contributed by atoms with Crippen LogP contribution in [0.4, 0.5) is 0 Å². The summed E-state index contributed by atoms with van der Waals surface area (Å²) in [7, 11) is 1.40. The summed E-state index contributed by atoms with van der Waals surface area (Å²) < 4.78 is 21.1. The first kappa shape index (κ1) is 19.3. The molecular formula is C19H14NNaO6. The van der Waals surface area contributed by atoms with E-state index in [0.29, 0.717) is 28.3 Å². The second kappa shape index (κ2) is 7.64. The Hall–Kier alpha value is -2.48. The van der Waals surface area contributed by atoms with Gasteiger partial charge in [0, 0.05) is 16.7 Å². The number of hydrogen-bond acceptors (Lipinski definition) is 7. The molecule has 0 unspecified atom stereocenters. The first-order chi connectivity index (χ1) is 12.6. The first-order valence-electron chi connectivity index (χ1n) is 7.83. The molecule has 0 amide bonds. The Morgan fingerprint density at radius 1 is 1.19 bits per heavy atom. The average molecular weight is 375 g/mol. The molecule has 7 nitrogen and oxygen atoms in total. The van der Waals surface area contributed by atoms with Crippen molar-refractivity contribution in [3.8, 4) is 39.6 Å². The third-order valence-corrected chi connectivity index (χ3v) is 4.23. The molecule has 0 bridgehead atoms. The summed E-state index contributed by atoms with van der Waals surface area (Å²) in [5, 5.41) is 15.5. The van der Waals surface area contributed by atoms with E-state index in [0.717, 1.165) is 11.1 Å². The number of nitrogens with zero attached hydrogens (tertiary/aromatic N) is 1. The van der Waals surface area contributed by atoms with Gasteiger partial charge in [-0.15, -0.1) is 0 Å². The Labute approximate surface area is 177 Å². The maximum atomic E-state index is 11.4. The average Bonchev–Trinajstić information content (AvgIpc) is 3.30. The smallest absolute Gasteiger partial charge is 0.545 e. The number of carbonyl (C=O) groups excluding carboxylic acids is 1. The molecule has 0 saturated heterocycles. The van der Waals surface area contributed by atoms with Crippen LogP contribution in [-0.4, -0.2) is 25.0 Å². The van der Waals surface area contributed by atoms with Gasteiger partial charge in [-0.2, -0.15) is 0 Å². The van der Waals surface area contributed by atoms with Crippen LogP contribution in [-0.2, 0) is 0 Å². The zero-order valence-corrected chi connectivity index (χ0v) is 17.1. The van der Waals surface area contributed by atoms with Gasteiger partial charge in [0.05, 0.1) is 13.1 Å². The van der Waals surface area contributed by atoms with Crippen molar-refractivity contribution < 1.29 is 58.2 Å². The Balaban J connectivity index is 0.00000210. The van der Waals surface area contributed by atoms with Crippen LogP contribution >= 0.6 is 0 Å². The number of benzene rings is 2. The zero-order chi connectivity index (χ0) is 18.3. The number of aromatic carboxylic acids is 1. The van der Waals surface area contributed by atoms with Gasteiger partial charge in [-0.05, 0) is 42.3 Å². The number of carboxylic acids is 1. The summed E-state index contributed by atoms with van der Waals surface area (Å²) in [6.45, 7) is 2.09. The van der Waals surface area contributed by atoms with Crippen molar-refractivity contribution in [2.24, 2.45) is 0 Å². The maximum absolute atomic E-state index is 11.4. The second-order valence-corrected chi connectivity index (χ2v) is 5.81. The van der Waals surface area contributed by atoms with Gasteiger partial charge in [-0.25, -0.2) is 0 Å². The summed E-state index contributed by atoms with van der Waals surface area (Å²) in [6.07, 6.45) is 1.47. The van der Waals surface area contributed by atoms with Crippen LogP contribution in [0.2, 0.25) is 0 Å². The van der Waals surface area contributed by atoms with E-state index in [-0.39, 0.29) is 47.7 Å². The van der Waals surface area contributed by atoms with Crippen LogP contribution in [0, 0.1) is 6.92 Å². The fourth-order valence-electron chi connectivity index (χ4n) is 3.01. The standard InChI is InChI=1S/C19H15NO6.Na/c1-10-5-12(7-16-18(10)25-9-24-16)17-14(8-26-20-17)11-3-4-15(23-2)13(6-11)19(21)22;/h3-8H,9H2,1-2H3,(H,21,22);/q;+1/p-1. The van der Waals surface area contributed by atoms with Gasteiger partial charge in [0.25, 0.3) is 0 Å². The number of rotatable bonds is 4. The zero-order valence-electron chi connectivity index (χ0n) is 15.1. The van der Waals surface area contributed by atoms with Gasteiger partial charge in [0.15, 0.2) is 11.5 Å². The Bertz CT molecular complexity index is 1010. The molecule has 0 N–H and O–H groups in total. The maximum Gasteiger partial charge on any atom is 1.00 e. The molecule has 0 fully saturated rings. The van der Waals surface area contributed by atoms with Crippen molar-refractivity contribution in [2.45, 2.75) is 6.92 Å². The SMILES string of the molecule is COc1ccc(-c2conc2-c2cc(C)c3c(c2)OCO3)cc1C(=O)[O-].[Na+]. The Kier molecular flexibility index (Phi) is 5.46. The third-order valence-electron chi connectivity index (χ3n) is 4.23. The number of aromatic nitrogens is 1. The number of ether oxygens (including phenoxy) is 3. The minimum atomic E-state index is -1.32. The predicted octanol–water partition coefficient (Wildman–Crippen LogP) is -0.578. The molecule has 1 aliphatic heterocycles. The van der Waals surface area contributed by atoms with E-state index in [2.05, 4.69) is 5.16 Å². The van der Waals surface area contributed by atoms with E-state index < -0.39 is 5.97 Å². The number of aryl methyl sites for hydroxylation is 1. The summed E-state index contributed by atoms with van der Waals surface area (Å²) in [5.74, 6) is 0.257. The van der Waals surface area contributed by atoms with Crippen LogP contribution in [0.25, 0.3) is 22.4 Å². The third kappa shape index (κ3) is 3.41. The molecule has 1 aliphatic rings. The van der Waals surface area contributed by atoms with Crippen LogP contribution in [0.3, 0.4) is 0 Å². The number of hydrogen-bond donors (Lipinski definition) is 0. The molecule has 2 aromatic carbocycles. The topological polar surface area (TPSA) is 93.9 Å². The van der Waals surface area contributed by atoms with Crippen molar-refractivity contribution in [3.63, 3.8) is 0 Å². The van der Waals surface area contributed by atoms with Crippen molar-refractivity contribution in [3.05, 3.63) is 47.7 Å². The van der Waals surface area contributed by atoms with E-state index >= 15 is 0 Å². The van der Waals surface area contributed by atoms with Gasteiger partial charge in [0.1, 0.15) is 17.7 Å². The second-order valence-electron chi connectivity index (χ2n) is 5.81. The summed E-state index contributed by atoms with van der Waals surface area (Å²) in [6, 6.07) is 8.52. The molecular weight excluding hydrogens is 361 g/mol. The quantitative estimate of drug-likeness (QED) is 0.563.